The Morgan fingerprint density at radius 3 is 2.50 bits per heavy atom. The first-order chi connectivity index (χ1) is 11.5. The smallest absolute Gasteiger partial charge is 0.247 e. The molecule has 0 unspecified atom stereocenters. The number of carbonyl (C=O) groups excluding carboxylic acids is 1. The Balaban J connectivity index is 2.07. The molecule has 0 atom stereocenters. The van der Waals surface area contributed by atoms with E-state index >= 15 is 0 Å². The second-order valence-electron chi connectivity index (χ2n) is 5.22. The van der Waals surface area contributed by atoms with Gasteiger partial charge in [-0.25, -0.2) is 0 Å². The van der Waals surface area contributed by atoms with Crippen molar-refractivity contribution in [3.05, 3.63) is 64.2 Å². The van der Waals surface area contributed by atoms with Gasteiger partial charge in [0.05, 0.1) is 14.2 Å². The van der Waals surface area contributed by atoms with Gasteiger partial charge in [-0.05, 0) is 42.3 Å². The van der Waals surface area contributed by atoms with Gasteiger partial charge in [-0.2, -0.15) is 0 Å². The number of halogens is 1. The van der Waals surface area contributed by atoms with E-state index in [4.69, 9.17) is 21.1 Å². The number of amides is 1. The van der Waals surface area contributed by atoms with Crippen LogP contribution < -0.4 is 14.8 Å². The summed E-state index contributed by atoms with van der Waals surface area (Å²) in [5.74, 6) is 1.12. The van der Waals surface area contributed by atoms with E-state index in [2.05, 4.69) is 5.32 Å². The number of hydrogen-bond donors (Lipinski definition) is 1. The highest BCUT2D eigenvalue weighted by Gasteiger charge is 2.08. The average molecular weight is 346 g/mol. The maximum atomic E-state index is 12.2. The van der Waals surface area contributed by atoms with Gasteiger partial charge in [0, 0.05) is 17.1 Å². The van der Waals surface area contributed by atoms with Crippen molar-refractivity contribution in [1.82, 2.24) is 5.32 Å². The van der Waals surface area contributed by atoms with Crippen LogP contribution in [0.1, 0.15) is 18.1 Å². The summed E-state index contributed by atoms with van der Waals surface area (Å²) in [4.78, 5) is 12.2. The zero-order valence-electron chi connectivity index (χ0n) is 13.9. The van der Waals surface area contributed by atoms with Crippen LogP contribution >= 0.6 is 11.6 Å². The summed E-state index contributed by atoms with van der Waals surface area (Å²) in [6.45, 7) is 2.15. The molecule has 0 aromatic heterocycles. The lowest BCUT2D eigenvalue weighted by Gasteiger charge is -2.09. The fourth-order valence-electron chi connectivity index (χ4n) is 2.21. The van der Waals surface area contributed by atoms with Crippen molar-refractivity contribution in [1.29, 1.82) is 0 Å². The first-order valence-electron chi connectivity index (χ1n) is 7.47. The number of rotatable bonds is 6. The standard InChI is InChI=1S/C19H20ClNO3/c1-13(10-14-8-9-17(23-2)18(11-14)24-3)19(22)21-12-15-6-4-5-7-16(15)20/h4-11H,12H2,1-3H3,(H,21,22)/b13-10+. The average Bonchev–Trinajstić information content (AvgIpc) is 2.60. The van der Waals surface area contributed by atoms with Gasteiger partial charge in [0.15, 0.2) is 11.5 Å². The van der Waals surface area contributed by atoms with E-state index in [0.29, 0.717) is 28.6 Å². The van der Waals surface area contributed by atoms with Gasteiger partial charge in [-0.1, -0.05) is 35.9 Å². The second-order valence-corrected chi connectivity index (χ2v) is 5.62. The van der Waals surface area contributed by atoms with Crippen molar-refractivity contribution < 1.29 is 14.3 Å². The molecular weight excluding hydrogens is 326 g/mol. The summed E-state index contributed by atoms with van der Waals surface area (Å²) >= 11 is 6.09. The summed E-state index contributed by atoms with van der Waals surface area (Å²) < 4.78 is 10.5. The molecule has 0 saturated heterocycles. The zero-order chi connectivity index (χ0) is 17.5. The molecule has 0 aliphatic heterocycles. The highest BCUT2D eigenvalue weighted by atomic mass is 35.5. The number of benzene rings is 2. The molecule has 0 aliphatic carbocycles. The molecule has 1 amide bonds. The fraction of sp³-hybridized carbons (Fsp3) is 0.211. The third kappa shape index (κ3) is 4.52. The first kappa shape index (κ1) is 17.9. The summed E-state index contributed by atoms with van der Waals surface area (Å²) in [6, 6.07) is 12.9. The molecule has 126 valence electrons. The van der Waals surface area contributed by atoms with Crippen molar-refractivity contribution >= 4 is 23.6 Å². The van der Waals surface area contributed by atoms with E-state index in [-0.39, 0.29) is 5.91 Å². The Hall–Kier alpha value is -2.46. The Morgan fingerprint density at radius 1 is 1.12 bits per heavy atom. The number of nitrogens with one attached hydrogen (secondary N) is 1. The molecule has 0 fully saturated rings. The molecule has 0 radical (unpaired) electrons. The number of carbonyl (C=O) groups is 1. The molecule has 0 spiro atoms. The third-order valence-electron chi connectivity index (χ3n) is 3.55. The second kappa shape index (κ2) is 8.41. The molecule has 4 nitrogen and oxygen atoms in total. The molecule has 2 aromatic carbocycles. The quantitative estimate of drug-likeness (QED) is 0.802. The summed E-state index contributed by atoms with van der Waals surface area (Å²) in [5, 5.41) is 3.50. The predicted octanol–water partition coefficient (Wildman–Crippen LogP) is 4.08. The Labute approximate surface area is 147 Å². The summed E-state index contributed by atoms with van der Waals surface area (Å²) in [7, 11) is 3.16. The van der Waals surface area contributed by atoms with E-state index in [1.807, 2.05) is 30.3 Å². The molecule has 5 heteroatoms. The highest BCUT2D eigenvalue weighted by molar-refractivity contribution is 6.31. The molecule has 2 aromatic rings. The van der Waals surface area contributed by atoms with Gasteiger partial charge in [0.1, 0.15) is 0 Å². The highest BCUT2D eigenvalue weighted by Crippen LogP contribution is 2.28. The van der Waals surface area contributed by atoms with Crippen LogP contribution in [0.4, 0.5) is 0 Å². The fourth-order valence-corrected chi connectivity index (χ4v) is 2.42. The molecule has 24 heavy (non-hydrogen) atoms. The molecule has 1 N–H and O–H groups in total. The van der Waals surface area contributed by atoms with Gasteiger partial charge in [0.2, 0.25) is 5.91 Å². The van der Waals surface area contributed by atoms with Gasteiger partial charge < -0.3 is 14.8 Å². The van der Waals surface area contributed by atoms with E-state index in [9.17, 15) is 4.79 Å². The van der Waals surface area contributed by atoms with Crippen LogP contribution in [-0.2, 0) is 11.3 Å². The van der Waals surface area contributed by atoms with Crippen molar-refractivity contribution in [3.63, 3.8) is 0 Å². The Morgan fingerprint density at radius 2 is 1.83 bits per heavy atom. The lowest BCUT2D eigenvalue weighted by Crippen LogP contribution is -2.23. The van der Waals surface area contributed by atoms with E-state index in [1.54, 1.807) is 39.4 Å². The maximum Gasteiger partial charge on any atom is 0.247 e. The largest absolute Gasteiger partial charge is 0.493 e. The van der Waals surface area contributed by atoms with Crippen LogP contribution in [-0.4, -0.2) is 20.1 Å². The maximum absolute atomic E-state index is 12.2. The minimum absolute atomic E-state index is 0.148. The minimum Gasteiger partial charge on any atom is -0.493 e. The van der Waals surface area contributed by atoms with Gasteiger partial charge in [-0.3, -0.25) is 4.79 Å². The number of hydrogen-bond acceptors (Lipinski definition) is 3. The molecule has 0 saturated carbocycles. The minimum atomic E-state index is -0.148. The van der Waals surface area contributed by atoms with Gasteiger partial charge in [-0.15, -0.1) is 0 Å². The normalized spacial score (nSPS) is 11.1. The topological polar surface area (TPSA) is 47.6 Å². The Kier molecular flexibility index (Phi) is 6.27. The van der Waals surface area contributed by atoms with Crippen molar-refractivity contribution in [2.75, 3.05) is 14.2 Å². The lowest BCUT2D eigenvalue weighted by molar-refractivity contribution is -0.117. The van der Waals surface area contributed by atoms with Crippen molar-refractivity contribution in [2.24, 2.45) is 0 Å². The molecule has 2 rings (SSSR count). The van der Waals surface area contributed by atoms with Crippen LogP contribution in [0.2, 0.25) is 5.02 Å². The monoisotopic (exact) mass is 345 g/mol. The van der Waals surface area contributed by atoms with Gasteiger partial charge >= 0.3 is 0 Å². The van der Waals surface area contributed by atoms with Crippen LogP contribution in [0, 0.1) is 0 Å². The van der Waals surface area contributed by atoms with Crippen LogP contribution in [0.3, 0.4) is 0 Å². The molecular formula is C19H20ClNO3. The SMILES string of the molecule is COc1ccc(/C=C(\C)C(=O)NCc2ccccc2Cl)cc1OC. The molecule has 0 bridgehead atoms. The van der Waals surface area contributed by atoms with Crippen molar-refractivity contribution in [2.45, 2.75) is 13.5 Å². The van der Waals surface area contributed by atoms with Crippen LogP contribution in [0.15, 0.2) is 48.0 Å². The van der Waals surface area contributed by atoms with Crippen molar-refractivity contribution in [3.8, 4) is 11.5 Å². The number of ether oxygens (including phenoxy) is 2. The number of methoxy groups -OCH3 is 2. The van der Waals surface area contributed by atoms with E-state index < -0.39 is 0 Å². The van der Waals surface area contributed by atoms with E-state index in [0.717, 1.165) is 11.1 Å². The molecule has 0 heterocycles. The van der Waals surface area contributed by atoms with E-state index in [1.165, 1.54) is 0 Å². The van der Waals surface area contributed by atoms with Crippen LogP contribution in [0.5, 0.6) is 11.5 Å². The first-order valence-corrected chi connectivity index (χ1v) is 7.85. The summed E-state index contributed by atoms with van der Waals surface area (Å²) in [5.41, 5.74) is 2.33. The molecule has 0 aliphatic rings. The predicted molar refractivity (Wildman–Crippen MR) is 96.5 cm³/mol. The van der Waals surface area contributed by atoms with Crippen LogP contribution in [0.25, 0.3) is 6.08 Å². The summed E-state index contributed by atoms with van der Waals surface area (Å²) in [6.07, 6.45) is 1.80. The Bertz CT molecular complexity index is 756. The lowest BCUT2D eigenvalue weighted by atomic mass is 10.1. The van der Waals surface area contributed by atoms with Gasteiger partial charge in [0.25, 0.3) is 0 Å². The zero-order valence-corrected chi connectivity index (χ0v) is 14.7. The third-order valence-corrected chi connectivity index (χ3v) is 3.91.